The van der Waals surface area contributed by atoms with Crippen LogP contribution in [0.25, 0.3) is 0 Å². The van der Waals surface area contributed by atoms with E-state index in [9.17, 15) is 4.79 Å². The number of amides is 1. The van der Waals surface area contributed by atoms with Gasteiger partial charge in [-0.2, -0.15) is 0 Å². The lowest BCUT2D eigenvalue weighted by molar-refractivity contribution is -0.116. The molecule has 1 heterocycles. The van der Waals surface area contributed by atoms with Crippen molar-refractivity contribution < 1.29 is 14.3 Å². The molecule has 1 aliphatic rings. The Hall–Kier alpha value is -3.18. The summed E-state index contributed by atoms with van der Waals surface area (Å²) in [4.78, 5) is 15.0. The predicted octanol–water partition coefficient (Wildman–Crippen LogP) is 5.15. The van der Waals surface area contributed by atoms with Crippen LogP contribution in [0.4, 0.5) is 11.4 Å². The molecule has 0 saturated carbocycles. The fourth-order valence-electron chi connectivity index (χ4n) is 3.57. The van der Waals surface area contributed by atoms with E-state index in [2.05, 4.69) is 22.3 Å². The molecule has 1 atom stereocenters. The van der Waals surface area contributed by atoms with Gasteiger partial charge in [0.15, 0.2) is 0 Å². The van der Waals surface area contributed by atoms with E-state index in [1.807, 2.05) is 60.7 Å². The molecule has 3 aromatic rings. The minimum absolute atomic E-state index is 0.0719. The van der Waals surface area contributed by atoms with Crippen LogP contribution in [0.3, 0.4) is 0 Å². The number of nitrogens with zero attached hydrogens (tertiary/aromatic N) is 1. The second-order valence-corrected chi connectivity index (χ2v) is 7.61. The van der Waals surface area contributed by atoms with Crippen molar-refractivity contribution in [2.75, 3.05) is 23.9 Å². The van der Waals surface area contributed by atoms with Crippen molar-refractivity contribution in [3.05, 3.63) is 83.4 Å². The van der Waals surface area contributed by atoms with Gasteiger partial charge in [0, 0.05) is 17.3 Å². The van der Waals surface area contributed by atoms with E-state index in [0.29, 0.717) is 24.6 Å². The molecule has 154 valence electrons. The fourth-order valence-corrected chi connectivity index (χ4v) is 3.74. The second-order valence-electron chi connectivity index (χ2n) is 7.17. The van der Waals surface area contributed by atoms with E-state index < -0.39 is 0 Å². The van der Waals surface area contributed by atoms with E-state index in [1.165, 1.54) is 0 Å². The predicted molar refractivity (Wildman–Crippen MR) is 120 cm³/mol. The van der Waals surface area contributed by atoms with Crippen LogP contribution >= 0.6 is 11.6 Å². The molecular weight excluding hydrogens is 400 g/mol. The topological polar surface area (TPSA) is 50.8 Å². The normalized spacial score (nSPS) is 15.1. The highest BCUT2D eigenvalue weighted by atomic mass is 35.5. The molecule has 30 heavy (non-hydrogen) atoms. The first-order chi connectivity index (χ1) is 14.6. The summed E-state index contributed by atoms with van der Waals surface area (Å²) in [6.07, 6.45) is 0.296. The molecule has 0 aromatic heterocycles. The molecule has 0 bridgehead atoms. The number of anilines is 2. The van der Waals surface area contributed by atoms with Crippen molar-refractivity contribution in [3.63, 3.8) is 0 Å². The number of benzene rings is 3. The summed E-state index contributed by atoms with van der Waals surface area (Å²) in [5.74, 6) is 1.45. The zero-order chi connectivity index (χ0) is 20.9. The molecule has 1 amide bonds. The van der Waals surface area contributed by atoms with Crippen molar-refractivity contribution in [2.45, 2.75) is 19.0 Å². The van der Waals surface area contributed by atoms with Gasteiger partial charge in [0.1, 0.15) is 18.1 Å². The van der Waals surface area contributed by atoms with Crippen LogP contribution < -0.4 is 19.7 Å². The van der Waals surface area contributed by atoms with Crippen LogP contribution in [0.15, 0.2) is 72.8 Å². The van der Waals surface area contributed by atoms with Crippen molar-refractivity contribution in [2.24, 2.45) is 0 Å². The maximum Gasteiger partial charge on any atom is 0.226 e. The fraction of sp³-hybridized carbons (Fsp3) is 0.208. The SMILES string of the molecule is COc1ccc(NC(=O)C[C@H]2COc3ccc(Cl)cc3N2Cc2ccccc2)cc1. The molecule has 0 spiro atoms. The Morgan fingerprint density at radius 1 is 1.13 bits per heavy atom. The van der Waals surface area contributed by atoms with E-state index in [0.717, 1.165) is 28.4 Å². The van der Waals surface area contributed by atoms with Crippen molar-refractivity contribution >= 4 is 28.9 Å². The number of fused-ring (bicyclic) bond motifs is 1. The van der Waals surface area contributed by atoms with Gasteiger partial charge in [-0.1, -0.05) is 41.9 Å². The highest BCUT2D eigenvalue weighted by Crippen LogP contribution is 2.37. The Labute approximate surface area is 181 Å². The summed E-state index contributed by atoms with van der Waals surface area (Å²) < 4.78 is 11.1. The standard InChI is InChI=1S/C24H23ClN2O3/c1-29-21-10-8-19(9-11-21)26-24(28)14-20-16-30-23-12-7-18(25)13-22(23)27(20)15-17-5-3-2-4-6-17/h2-13,20H,14-16H2,1H3,(H,26,28)/t20-/m0/s1. The Bertz CT molecular complexity index is 1010. The molecule has 0 unspecified atom stereocenters. The molecule has 0 fully saturated rings. The number of halogens is 1. The molecular formula is C24H23ClN2O3. The van der Waals surface area contributed by atoms with Crippen molar-refractivity contribution in [3.8, 4) is 11.5 Å². The summed E-state index contributed by atoms with van der Waals surface area (Å²) in [6.45, 7) is 1.09. The molecule has 5 nitrogen and oxygen atoms in total. The zero-order valence-corrected chi connectivity index (χ0v) is 17.4. The minimum Gasteiger partial charge on any atom is -0.497 e. The minimum atomic E-state index is -0.116. The largest absolute Gasteiger partial charge is 0.497 e. The van der Waals surface area contributed by atoms with Gasteiger partial charge < -0.3 is 19.7 Å². The third-order valence-electron chi connectivity index (χ3n) is 5.09. The first-order valence-electron chi connectivity index (χ1n) is 9.79. The number of ether oxygens (including phenoxy) is 2. The summed E-state index contributed by atoms with van der Waals surface area (Å²) in [7, 11) is 1.61. The Morgan fingerprint density at radius 3 is 2.63 bits per heavy atom. The smallest absolute Gasteiger partial charge is 0.226 e. The average molecular weight is 423 g/mol. The van der Waals surface area contributed by atoms with Gasteiger partial charge in [0.05, 0.1) is 25.3 Å². The van der Waals surface area contributed by atoms with E-state index >= 15 is 0 Å². The number of methoxy groups -OCH3 is 1. The van der Waals surface area contributed by atoms with Gasteiger partial charge in [-0.3, -0.25) is 4.79 Å². The molecule has 0 saturated heterocycles. The van der Waals surface area contributed by atoms with Crippen LogP contribution in [0.1, 0.15) is 12.0 Å². The van der Waals surface area contributed by atoms with Crippen LogP contribution in [0.5, 0.6) is 11.5 Å². The first kappa shape index (κ1) is 20.1. The van der Waals surface area contributed by atoms with E-state index in [1.54, 1.807) is 7.11 Å². The highest BCUT2D eigenvalue weighted by Gasteiger charge is 2.29. The summed E-state index contributed by atoms with van der Waals surface area (Å²) in [5.41, 5.74) is 2.79. The second kappa shape index (κ2) is 9.09. The quantitative estimate of drug-likeness (QED) is 0.597. The lowest BCUT2D eigenvalue weighted by atomic mass is 10.1. The lowest BCUT2D eigenvalue weighted by Crippen LogP contribution is -2.44. The highest BCUT2D eigenvalue weighted by molar-refractivity contribution is 6.31. The van der Waals surface area contributed by atoms with Gasteiger partial charge >= 0.3 is 0 Å². The third kappa shape index (κ3) is 4.69. The Morgan fingerprint density at radius 2 is 1.90 bits per heavy atom. The Balaban J connectivity index is 1.53. The first-order valence-corrected chi connectivity index (χ1v) is 10.2. The summed E-state index contributed by atoms with van der Waals surface area (Å²) >= 11 is 6.26. The van der Waals surface area contributed by atoms with E-state index in [-0.39, 0.29) is 11.9 Å². The van der Waals surface area contributed by atoms with E-state index in [4.69, 9.17) is 21.1 Å². The van der Waals surface area contributed by atoms with Crippen LogP contribution in [-0.4, -0.2) is 25.7 Å². The maximum absolute atomic E-state index is 12.8. The molecule has 0 aliphatic carbocycles. The number of nitrogens with one attached hydrogen (secondary N) is 1. The molecule has 1 N–H and O–H groups in total. The lowest BCUT2D eigenvalue weighted by Gasteiger charge is -2.38. The van der Waals surface area contributed by atoms with Crippen molar-refractivity contribution in [1.82, 2.24) is 0 Å². The maximum atomic E-state index is 12.8. The molecule has 1 aliphatic heterocycles. The number of hydrogen-bond donors (Lipinski definition) is 1. The Kier molecular flexibility index (Phi) is 6.10. The number of rotatable bonds is 6. The number of carbonyl (C=O) groups is 1. The third-order valence-corrected chi connectivity index (χ3v) is 5.33. The molecule has 0 radical (unpaired) electrons. The van der Waals surface area contributed by atoms with Gasteiger partial charge in [-0.25, -0.2) is 0 Å². The molecule has 3 aromatic carbocycles. The monoisotopic (exact) mass is 422 g/mol. The van der Waals surface area contributed by atoms with Crippen LogP contribution in [0.2, 0.25) is 5.02 Å². The van der Waals surface area contributed by atoms with Gasteiger partial charge in [-0.05, 0) is 48.0 Å². The van der Waals surface area contributed by atoms with Gasteiger partial charge in [0.25, 0.3) is 0 Å². The summed E-state index contributed by atoms with van der Waals surface area (Å²) in [6, 6.07) is 22.9. The molecule has 4 rings (SSSR count). The summed E-state index contributed by atoms with van der Waals surface area (Å²) in [5, 5.41) is 3.60. The molecule has 6 heteroatoms. The number of hydrogen-bond acceptors (Lipinski definition) is 4. The van der Waals surface area contributed by atoms with Crippen LogP contribution in [-0.2, 0) is 11.3 Å². The van der Waals surface area contributed by atoms with Crippen LogP contribution in [0, 0.1) is 0 Å². The zero-order valence-electron chi connectivity index (χ0n) is 16.7. The number of carbonyl (C=O) groups excluding carboxylic acids is 1. The van der Waals surface area contributed by atoms with Crippen molar-refractivity contribution in [1.29, 1.82) is 0 Å². The average Bonchev–Trinajstić information content (AvgIpc) is 2.76. The van der Waals surface area contributed by atoms with Gasteiger partial charge in [0.2, 0.25) is 5.91 Å². The van der Waals surface area contributed by atoms with Gasteiger partial charge in [-0.15, -0.1) is 0 Å².